The Bertz CT molecular complexity index is 793. The zero-order valence-corrected chi connectivity index (χ0v) is 14.8. The fourth-order valence-corrected chi connectivity index (χ4v) is 3.91. The Kier molecular flexibility index (Phi) is 5.43. The zero-order chi connectivity index (χ0) is 17.1. The monoisotopic (exact) mass is 382 g/mol. The lowest BCUT2D eigenvalue weighted by Crippen LogP contribution is -2.33. The van der Waals surface area contributed by atoms with Crippen LogP contribution in [0.3, 0.4) is 0 Å². The van der Waals surface area contributed by atoms with E-state index in [9.17, 15) is 9.18 Å². The van der Waals surface area contributed by atoms with E-state index in [0.29, 0.717) is 29.0 Å². The van der Waals surface area contributed by atoms with E-state index in [1.165, 1.54) is 34.9 Å². The molecule has 1 aliphatic rings. The van der Waals surface area contributed by atoms with E-state index in [-0.39, 0.29) is 10.6 Å². The normalized spacial score (nSPS) is 14.0. The Morgan fingerprint density at radius 2 is 1.92 bits per heavy atom. The summed E-state index contributed by atoms with van der Waals surface area (Å²) in [5.74, 6) is -0.524. The highest BCUT2D eigenvalue weighted by atomic mass is 35.5. The number of rotatable bonds is 3. The summed E-state index contributed by atoms with van der Waals surface area (Å²) in [6.45, 7) is 0.900. The Morgan fingerprint density at radius 1 is 1.17 bits per heavy atom. The summed E-state index contributed by atoms with van der Waals surface area (Å²) in [5.41, 5.74) is 0.835. The molecule has 1 amide bonds. The van der Waals surface area contributed by atoms with Crippen LogP contribution in [0.15, 0.2) is 47.5 Å². The molecule has 0 aliphatic carbocycles. The van der Waals surface area contributed by atoms with Gasteiger partial charge in [-0.15, -0.1) is 0 Å². The first kappa shape index (κ1) is 17.3. The summed E-state index contributed by atoms with van der Waals surface area (Å²) >= 11 is 13.5. The van der Waals surface area contributed by atoms with Gasteiger partial charge in [-0.3, -0.25) is 14.7 Å². The van der Waals surface area contributed by atoms with Crippen molar-refractivity contribution in [1.29, 1.82) is 0 Å². The van der Waals surface area contributed by atoms with Crippen LogP contribution in [0.4, 0.5) is 4.39 Å². The van der Waals surface area contributed by atoms with Crippen LogP contribution in [0, 0.1) is 5.82 Å². The van der Waals surface area contributed by atoms with Gasteiger partial charge in [0.15, 0.2) is 5.17 Å². The number of benzene rings is 2. The molecular formula is C17H13Cl2FN2OS. The average molecular weight is 383 g/mol. The standard InChI is InChI=1S/C17H13Cl2FN2OS/c18-12-5-2-1-4-11(12)10-24-17-21-8-9-22(17)16(23)15-13(19)6-3-7-14(15)20/h1-7H,8-10H2. The molecule has 2 aromatic rings. The molecule has 0 fully saturated rings. The summed E-state index contributed by atoms with van der Waals surface area (Å²) in [4.78, 5) is 18.5. The van der Waals surface area contributed by atoms with Gasteiger partial charge in [-0.25, -0.2) is 4.39 Å². The lowest BCUT2D eigenvalue weighted by Gasteiger charge is -2.19. The molecule has 0 bridgehead atoms. The first-order chi connectivity index (χ1) is 11.6. The predicted molar refractivity (Wildman–Crippen MR) is 97.5 cm³/mol. The third-order valence-electron chi connectivity index (χ3n) is 3.54. The second kappa shape index (κ2) is 7.55. The van der Waals surface area contributed by atoms with Gasteiger partial charge in [-0.1, -0.05) is 59.2 Å². The molecule has 1 aliphatic heterocycles. The van der Waals surface area contributed by atoms with Crippen LogP contribution in [0.25, 0.3) is 0 Å². The highest BCUT2D eigenvalue weighted by Gasteiger charge is 2.28. The minimum atomic E-state index is -0.630. The first-order valence-corrected chi connectivity index (χ1v) is 8.98. The van der Waals surface area contributed by atoms with E-state index in [1.807, 2.05) is 24.3 Å². The van der Waals surface area contributed by atoms with Crippen molar-refractivity contribution in [3.8, 4) is 0 Å². The van der Waals surface area contributed by atoms with Crippen molar-refractivity contribution >= 4 is 46.0 Å². The Balaban J connectivity index is 1.76. The van der Waals surface area contributed by atoms with Crippen LogP contribution in [0.1, 0.15) is 15.9 Å². The average Bonchev–Trinajstić information content (AvgIpc) is 3.02. The smallest absolute Gasteiger partial charge is 0.264 e. The molecule has 2 aromatic carbocycles. The van der Waals surface area contributed by atoms with E-state index in [0.717, 1.165) is 5.56 Å². The molecule has 7 heteroatoms. The van der Waals surface area contributed by atoms with Crippen molar-refractivity contribution < 1.29 is 9.18 Å². The highest BCUT2D eigenvalue weighted by molar-refractivity contribution is 8.13. The fourth-order valence-electron chi connectivity index (χ4n) is 2.33. The molecule has 0 radical (unpaired) electrons. The summed E-state index contributed by atoms with van der Waals surface area (Å²) < 4.78 is 14.0. The number of amides is 1. The molecule has 3 rings (SSSR count). The van der Waals surface area contributed by atoms with Crippen LogP contribution in [-0.4, -0.2) is 29.1 Å². The largest absolute Gasteiger partial charge is 0.285 e. The van der Waals surface area contributed by atoms with E-state index < -0.39 is 11.7 Å². The van der Waals surface area contributed by atoms with Crippen molar-refractivity contribution in [3.05, 3.63) is 69.5 Å². The molecule has 124 valence electrons. The number of carbonyl (C=O) groups excluding carboxylic acids is 1. The van der Waals surface area contributed by atoms with Crippen molar-refractivity contribution in [3.63, 3.8) is 0 Å². The van der Waals surface area contributed by atoms with Gasteiger partial charge in [-0.05, 0) is 23.8 Å². The van der Waals surface area contributed by atoms with Crippen molar-refractivity contribution in [1.82, 2.24) is 4.90 Å². The molecule has 0 aromatic heterocycles. The molecule has 3 nitrogen and oxygen atoms in total. The van der Waals surface area contributed by atoms with Crippen molar-refractivity contribution in [2.45, 2.75) is 5.75 Å². The lowest BCUT2D eigenvalue weighted by atomic mass is 10.2. The number of halogens is 3. The first-order valence-electron chi connectivity index (χ1n) is 7.24. The number of carbonyl (C=O) groups is 1. The molecular weight excluding hydrogens is 370 g/mol. The molecule has 0 saturated carbocycles. The summed E-state index contributed by atoms with van der Waals surface area (Å²) in [6.07, 6.45) is 0. The minimum Gasteiger partial charge on any atom is -0.285 e. The number of hydrogen-bond acceptors (Lipinski definition) is 3. The SMILES string of the molecule is O=C(c1c(F)cccc1Cl)N1CCN=C1SCc1ccccc1Cl. The van der Waals surface area contributed by atoms with Crippen LogP contribution >= 0.6 is 35.0 Å². The predicted octanol–water partition coefficient (Wildman–Crippen LogP) is 4.88. The van der Waals surface area contributed by atoms with Gasteiger partial charge in [0.25, 0.3) is 5.91 Å². The zero-order valence-electron chi connectivity index (χ0n) is 12.5. The lowest BCUT2D eigenvalue weighted by molar-refractivity contribution is 0.0856. The van der Waals surface area contributed by atoms with Crippen LogP contribution in [0.2, 0.25) is 10.0 Å². The van der Waals surface area contributed by atoms with Crippen molar-refractivity contribution in [2.75, 3.05) is 13.1 Å². The fraction of sp³-hybridized carbons (Fsp3) is 0.176. The third kappa shape index (κ3) is 3.58. The minimum absolute atomic E-state index is 0.0994. The van der Waals surface area contributed by atoms with Gasteiger partial charge in [0.2, 0.25) is 0 Å². The van der Waals surface area contributed by atoms with E-state index in [4.69, 9.17) is 23.2 Å². The van der Waals surface area contributed by atoms with E-state index >= 15 is 0 Å². The third-order valence-corrected chi connectivity index (χ3v) is 5.28. The molecule has 1 heterocycles. The summed E-state index contributed by atoms with van der Waals surface area (Å²) in [6, 6.07) is 11.7. The molecule has 0 atom stereocenters. The molecule has 0 saturated heterocycles. The number of nitrogens with zero attached hydrogens (tertiary/aromatic N) is 2. The van der Waals surface area contributed by atoms with Gasteiger partial charge in [0.05, 0.1) is 17.1 Å². The quantitative estimate of drug-likeness (QED) is 0.757. The molecule has 0 N–H and O–H groups in total. The van der Waals surface area contributed by atoms with E-state index in [1.54, 1.807) is 0 Å². The van der Waals surface area contributed by atoms with Gasteiger partial charge in [0.1, 0.15) is 5.82 Å². The number of amidine groups is 1. The molecule has 0 spiro atoms. The Hall–Kier alpha value is -1.56. The van der Waals surface area contributed by atoms with Crippen molar-refractivity contribution in [2.24, 2.45) is 4.99 Å². The van der Waals surface area contributed by atoms with Gasteiger partial charge in [0, 0.05) is 17.3 Å². The van der Waals surface area contributed by atoms with Crippen LogP contribution < -0.4 is 0 Å². The summed E-state index contributed by atoms with van der Waals surface area (Å²) in [7, 11) is 0. The Morgan fingerprint density at radius 3 is 2.67 bits per heavy atom. The van der Waals surface area contributed by atoms with Gasteiger partial charge >= 0.3 is 0 Å². The van der Waals surface area contributed by atoms with Crippen LogP contribution in [0.5, 0.6) is 0 Å². The Labute approximate surface area is 153 Å². The van der Waals surface area contributed by atoms with Gasteiger partial charge in [-0.2, -0.15) is 0 Å². The molecule has 24 heavy (non-hydrogen) atoms. The highest BCUT2D eigenvalue weighted by Crippen LogP contribution is 2.27. The number of thioether (sulfide) groups is 1. The second-order valence-electron chi connectivity index (χ2n) is 5.10. The van der Waals surface area contributed by atoms with E-state index in [2.05, 4.69) is 4.99 Å². The maximum absolute atomic E-state index is 14.0. The maximum Gasteiger partial charge on any atom is 0.264 e. The second-order valence-corrected chi connectivity index (χ2v) is 6.85. The maximum atomic E-state index is 14.0. The summed E-state index contributed by atoms with van der Waals surface area (Å²) in [5, 5.41) is 1.32. The molecule has 0 unspecified atom stereocenters. The topological polar surface area (TPSA) is 32.7 Å². The van der Waals surface area contributed by atoms with Gasteiger partial charge < -0.3 is 0 Å². The number of aliphatic imine (C=N–C) groups is 1. The number of hydrogen-bond donors (Lipinski definition) is 0. The van der Waals surface area contributed by atoms with Crippen LogP contribution in [-0.2, 0) is 5.75 Å².